The van der Waals surface area contributed by atoms with Gasteiger partial charge in [-0.25, -0.2) is 0 Å². The lowest BCUT2D eigenvalue weighted by Gasteiger charge is -2.19. The Balaban J connectivity index is 0.000000210. The number of methoxy groups -OCH3 is 1. The fraction of sp³-hybridized carbons (Fsp3) is 0.360. The topological polar surface area (TPSA) is 95.9 Å². The Morgan fingerprint density at radius 3 is 2.00 bits per heavy atom. The standard InChI is InChI=1S/C18H22N4O.C7H8O3S/c1-21-9-14-11-22(12-15(14)10-21)18-8-7-17(19-20-18)13-3-5-16(23-2)6-4-13;1-6-2-4-7(5-3-6)11(8,9)10/h3-8,14-15H,9-12H2,1-2H3;2-5H,1H3,(H,8,9,10). The average Bonchev–Trinajstić information content (AvgIpc) is 3.37. The highest BCUT2D eigenvalue weighted by Gasteiger charge is 2.39. The van der Waals surface area contributed by atoms with Crippen LogP contribution in [0.5, 0.6) is 5.75 Å². The molecule has 9 heteroatoms. The lowest BCUT2D eigenvalue weighted by atomic mass is 10.0. The minimum atomic E-state index is -4.02. The summed E-state index contributed by atoms with van der Waals surface area (Å²) in [4.78, 5) is 4.75. The molecule has 1 aromatic heterocycles. The number of fused-ring (bicyclic) bond motifs is 1. The van der Waals surface area contributed by atoms with Gasteiger partial charge in [0.15, 0.2) is 5.82 Å². The smallest absolute Gasteiger partial charge is 0.294 e. The Bertz CT molecular complexity index is 1190. The largest absolute Gasteiger partial charge is 0.497 e. The zero-order valence-electron chi connectivity index (χ0n) is 19.6. The molecule has 2 aromatic carbocycles. The van der Waals surface area contributed by atoms with Gasteiger partial charge in [0.05, 0.1) is 17.7 Å². The average molecular weight is 483 g/mol. The van der Waals surface area contributed by atoms with Crippen molar-refractivity contribution < 1.29 is 17.7 Å². The van der Waals surface area contributed by atoms with Crippen molar-refractivity contribution in [1.29, 1.82) is 0 Å². The van der Waals surface area contributed by atoms with Gasteiger partial charge in [-0.2, -0.15) is 8.42 Å². The van der Waals surface area contributed by atoms with E-state index in [1.807, 2.05) is 31.2 Å². The highest BCUT2D eigenvalue weighted by Crippen LogP contribution is 2.32. The van der Waals surface area contributed by atoms with Gasteiger partial charge in [-0.1, -0.05) is 17.7 Å². The molecule has 5 rings (SSSR count). The summed E-state index contributed by atoms with van der Waals surface area (Å²) in [5, 5.41) is 8.87. The maximum absolute atomic E-state index is 10.5. The Hall–Kier alpha value is -3.01. The van der Waals surface area contributed by atoms with E-state index < -0.39 is 10.1 Å². The quantitative estimate of drug-likeness (QED) is 0.566. The highest BCUT2D eigenvalue weighted by atomic mass is 32.2. The number of benzene rings is 2. The highest BCUT2D eigenvalue weighted by molar-refractivity contribution is 7.85. The number of ether oxygens (including phenoxy) is 1. The number of hydrogen-bond donors (Lipinski definition) is 1. The number of anilines is 1. The summed E-state index contributed by atoms with van der Waals surface area (Å²) in [7, 11) is -0.132. The molecule has 2 saturated heterocycles. The molecule has 0 amide bonds. The van der Waals surface area contributed by atoms with Gasteiger partial charge >= 0.3 is 0 Å². The predicted octanol–water partition coefficient (Wildman–Crippen LogP) is 3.39. The van der Waals surface area contributed by atoms with Crippen LogP contribution in [0.4, 0.5) is 5.82 Å². The maximum atomic E-state index is 10.5. The van der Waals surface area contributed by atoms with Gasteiger partial charge in [0, 0.05) is 31.7 Å². The van der Waals surface area contributed by atoms with Gasteiger partial charge in [-0.3, -0.25) is 4.55 Å². The van der Waals surface area contributed by atoms with E-state index in [1.165, 1.54) is 25.2 Å². The third-order valence-corrected chi connectivity index (χ3v) is 7.22. The van der Waals surface area contributed by atoms with E-state index in [1.54, 1.807) is 19.2 Å². The first-order chi connectivity index (χ1) is 16.2. The van der Waals surface area contributed by atoms with Crippen molar-refractivity contribution in [3.05, 3.63) is 66.2 Å². The van der Waals surface area contributed by atoms with Crippen molar-refractivity contribution in [2.45, 2.75) is 11.8 Å². The first-order valence-electron chi connectivity index (χ1n) is 11.2. The van der Waals surface area contributed by atoms with E-state index in [0.717, 1.165) is 53.3 Å². The first-order valence-corrected chi connectivity index (χ1v) is 12.6. The number of likely N-dealkylation sites (tertiary alicyclic amines) is 1. The fourth-order valence-corrected chi connectivity index (χ4v) is 5.01. The molecule has 3 aromatic rings. The molecule has 2 aliphatic rings. The second kappa shape index (κ2) is 10.1. The van der Waals surface area contributed by atoms with Gasteiger partial charge < -0.3 is 14.5 Å². The number of rotatable bonds is 4. The van der Waals surface area contributed by atoms with Crippen LogP contribution in [0.1, 0.15) is 5.56 Å². The van der Waals surface area contributed by atoms with E-state index in [0.29, 0.717) is 0 Å². The zero-order valence-corrected chi connectivity index (χ0v) is 20.4. The van der Waals surface area contributed by atoms with E-state index in [4.69, 9.17) is 9.29 Å². The van der Waals surface area contributed by atoms with Crippen molar-refractivity contribution in [2.75, 3.05) is 45.2 Å². The molecule has 0 radical (unpaired) electrons. The molecule has 1 N–H and O–H groups in total. The maximum Gasteiger partial charge on any atom is 0.294 e. The summed E-state index contributed by atoms with van der Waals surface area (Å²) in [5.74, 6) is 3.41. The van der Waals surface area contributed by atoms with Crippen molar-refractivity contribution in [3.8, 4) is 17.0 Å². The minimum Gasteiger partial charge on any atom is -0.497 e. The second-order valence-electron chi connectivity index (χ2n) is 8.94. The van der Waals surface area contributed by atoms with Gasteiger partial charge in [0.25, 0.3) is 10.1 Å². The van der Waals surface area contributed by atoms with Crippen LogP contribution in [0.15, 0.2) is 65.6 Å². The summed E-state index contributed by atoms with van der Waals surface area (Å²) in [6.07, 6.45) is 0. The Labute approximate surface area is 200 Å². The molecule has 34 heavy (non-hydrogen) atoms. The molecule has 2 unspecified atom stereocenters. The number of hydrogen-bond acceptors (Lipinski definition) is 7. The molecule has 0 aliphatic carbocycles. The van der Waals surface area contributed by atoms with E-state index in [9.17, 15) is 8.42 Å². The molecule has 180 valence electrons. The molecule has 0 spiro atoms. The Kier molecular flexibility index (Phi) is 7.16. The molecule has 0 bridgehead atoms. The summed E-state index contributed by atoms with van der Waals surface area (Å²) < 4.78 is 34.7. The SMILES string of the molecule is COc1ccc(-c2ccc(N3CC4CN(C)CC4C3)nn2)cc1.Cc1ccc(S(=O)(=O)O)cc1. The van der Waals surface area contributed by atoms with Crippen LogP contribution < -0.4 is 9.64 Å². The summed E-state index contributed by atoms with van der Waals surface area (Å²) in [5.41, 5.74) is 2.91. The third kappa shape index (κ3) is 5.72. The molecular formula is C25H30N4O4S. The van der Waals surface area contributed by atoms with Crippen molar-refractivity contribution in [2.24, 2.45) is 11.8 Å². The van der Waals surface area contributed by atoms with Gasteiger partial charge in [0.1, 0.15) is 5.75 Å². The number of nitrogens with zero attached hydrogens (tertiary/aromatic N) is 4. The lowest BCUT2D eigenvalue weighted by Crippen LogP contribution is -2.27. The predicted molar refractivity (Wildman–Crippen MR) is 132 cm³/mol. The van der Waals surface area contributed by atoms with Gasteiger partial charge in [-0.15, -0.1) is 10.2 Å². The van der Waals surface area contributed by atoms with Crippen LogP contribution in [0.25, 0.3) is 11.3 Å². The van der Waals surface area contributed by atoms with Crippen LogP contribution in [-0.4, -0.2) is 68.4 Å². The van der Waals surface area contributed by atoms with Crippen LogP contribution in [0.2, 0.25) is 0 Å². The van der Waals surface area contributed by atoms with E-state index in [2.05, 4.69) is 39.2 Å². The van der Waals surface area contributed by atoms with Crippen LogP contribution in [0, 0.1) is 18.8 Å². The van der Waals surface area contributed by atoms with Crippen LogP contribution in [-0.2, 0) is 10.1 Å². The Morgan fingerprint density at radius 2 is 1.50 bits per heavy atom. The Morgan fingerprint density at radius 1 is 0.882 bits per heavy atom. The molecule has 2 atom stereocenters. The molecule has 3 heterocycles. The van der Waals surface area contributed by atoms with Crippen LogP contribution >= 0.6 is 0 Å². The normalized spacial score (nSPS) is 19.9. The van der Waals surface area contributed by atoms with Crippen molar-refractivity contribution >= 4 is 15.9 Å². The van der Waals surface area contributed by atoms with Crippen molar-refractivity contribution in [1.82, 2.24) is 15.1 Å². The van der Waals surface area contributed by atoms with Crippen LogP contribution in [0.3, 0.4) is 0 Å². The van der Waals surface area contributed by atoms with E-state index >= 15 is 0 Å². The summed E-state index contributed by atoms with van der Waals surface area (Å²) in [6.45, 7) is 6.46. The van der Waals surface area contributed by atoms with Crippen molar-refractivity contribution in [3.63, 3.8) is 0 Å². The zero-order chi connectivity index (χ0) is 24.3. The fourth-order valence-electron chi connectivity index (χ4n) is 4.53. The molecular weight excluding hydrogens is 452 g/mol. The molecule has 2 aliphatic heterocycles. The minimum absolute atomic E-state index is 0.0666. The van der Waals surface area contributed by atoms with Gasteiger partial charge in [-0.05, 0) is 74.3 Å². The monoisotopic (exact) mass is 482 g/mol. The van der Waals surface area contributed by atoms with E-state index in [-0.39, 0.29) is 4.90 Å². The first kappa shape index (κ1) is 24.1. The van der Waals surface area contributed by atoms with Gasteiger partial charge in [0.2, 0.25) is 0 Å². The molecule has 2 fully saturated rings. The molecule has 8 nitrogen and oxygen atoms in total. The number of aromatic nitrogens is 2. The third-order valence-electron chi connectivity index (χ3n) is 6.35. The molecule has 0 saturated carbocycles. The lowest BCUT2D eigenvalue weighted by molar-refractivity contribution is 0.387. The second-order valence-corrected chi connectivity index (χ2v) is 10.4. The number of aryl methyl sites for hydroxylation is 1. The summed E-state index contributed by atoms with van der Waals surface area (Å²) >= 11 is 0. The summed E-state index contributed by atoms with van der Waals surface area (Å²) in [6, 6.07) is 18.1.